The Morgan fingerprint density at radius 3 is 1.76 bits per heavy atom. The quantitative estimate of drug-likeness (QED) is 0.445. The Hall–Kier alpha value is -2.12. The molecule has 8 nitrogen and oxygen atoms in total. The van der Waals surface area contributed by atoms with Gasteiger partial charge in [0, 0.05) is 0 Å². The van der Waals surface area contributed by atoms with E-state index in [0.717, 1.165) is 21.1 Å². The maximum atomic E-state index is 11.7. The Morgan fingerprint density at radius 2 is 1.43 bits per heavy atom. The molecule has 0 radical (unpaired) electrons. The van der Waals surface area contributed by atoms with Gasteiger partial charge in [-0.05, 0) is 27.7 Å². The summed E-state index contributed by atoms with van der Waals surface area (Å²) in [5, 5.41) is 2.16. The fourth-order valence-corrected chi connectivity index (χ4v) is 1.50. The zero-order chi connectivity index (χ0) is 16.8. The molecule has 0 aliphatic heterocycles. The van der Waals surface area contributed by atoms with Crippen LogP contribution in [0.25, 0.3) is 0 Å². The standard InChI is InChI=1S/C13H21NO7/c1-7(15)8(10(16)19-5)9(11(17)20-6)14-12(18)21-13(2,3)4/h8-9H,1-6H3,(H,14,18)/t8?,9-/m1/s1. The van der Waals surface area contributed by atoms with E-state index >= 15 is 0 Å². The van der Waals surface area contributed by atoms with Crippen LogP contribution in [0.2, 0.25) is 0 Å². The van der Waals surface area contributed by atoms with Gasteiger partial charge in [0.1, 0.15) is 17.3 Å². The van der Waals surface area contributed by atoms with Crippen molar-refractivity contribution < 1.29 is 33.4 Å². The monoisotopic (exact) mass is 303 g/mol. The number of esters is 2. The third-order valence-corrected chi connectivity index (χ3v) is 2.35. The first-order chi connectivity index (χ1) is 9.53. The van der Waals surface area contributed by atoms with E-state index in [-0.39, 0.29) is 0 Å². The van der Waals surface area contributed by atoms with E-state index in [1.54, 1.807) is 20.8 Å². The second kappa shape index (κ2) is 7.61. The van der Waals surface area contributed by atoms with Crippen molar-refractivity contribution >= 4 is 23.8 Å². The van der Waals surface area contributed by atoms with Crippen LogP contribution < -0.4 is 5.32 Å². The van der Waals surface area contributed by atoms with Gasteiger partial charge in [-0.1, -0.05) is 0 Å². The average Bonchev–Trinajstić information content (AvgIpc) is 2.33. The molecule has 0 heterocycles. The highest BCUT2D eigenvalue weighted by molar-refractivity contribution is 6.03. The topological polar surface area (TPSA) is 108 Å². The van der Waals surface area contributed by atoms with Gasteiger partial charge >= 0.3 is 18.0 Å². The molecule has 0 aromatic carbocycles. The summed E-state index contributed by atoms with van der Waals surface area (Å²) in [5.41, 5.74) is -0.804. The van der Waals surface area contributed by atoms with Crippen molar-refractivity contribution in [2.45, 2.75) is 39.3 Å². The molecule has 0 saturated heterocycles. The molecule has 0 saturated carbocycles. The number of hydrogen-bond donors (Lipinski definition) is 1. The minimum Gasteiger partial charge on any atom is -0.468 e. The lowest BCUT2D eigenvalue weighted by Gasteiger charge is -2.25. The maximum absolute atomic E-state index is 11.7. The summed E-state index contributed by atoms with van der Waals surface area (Å²) in [7, 11) is 2.14. The van der Waals surface area contributed by atoms with Gasteiger partial charge in [0.05, 0.1) is 14.2 Å². The largest absolute Gasteiger partial charge is 0.468 e. The molecule has 0 aromatic rings. The van der Waals surface area contributed by atoms with E-state index in [2.05, 4.69) is 14.8 Å². The van der Waals surface area contributed by atoms with Crippen LogP contribution in [0, 0.1) is 5.92 Å². The molecule has 1 amide bonds. The first-order valence-corrected chi connectivity index (χ1v) is 6.19. The SMILES string of the molecule is COC(=O)C(C(C)=O)[C@@H](NC(=O)OC(C)(C)C)C(=O)OC. The number of hydrogen-bond acceptors (Lipinski definition) is 7. The molecule has 0 aliphatic carbocycles. The number of carbonyl (C=O) groups excluding carboxylic acids is 4. The van der Waals surface area contributed by atoms with Gasteiger partial charge in [-0.25, -0.2) is 9.59 Å². The molecule has 2 atom stereocenters. The molecule has 8 heteroatoms. The second-order valence-electron chi connectivity index (χ2n) is 5.26. The van der Waals surface area contributed by atoms with Crippen LogP contribution in [-0.4, -0.2) is 49.7 Å². The first kappa shape index (κ1) is 18.9. The lowest BCUT2D eigenvalue weighted by atomic mass is 9.96. The summed E-state index contributed by atoms with van der Waals surface area (Å²) < 4.78 is 14.0. The van der Waals surface area contributed by atoms with Gasteiger partial charge < -0.3 is 19.5 Å². The molecule has 0 spiro atoms. The summed E-state index contributed by atoms with van der Waals surface area (Å²) in [5.74, 6) is -4.05. The van der Waals surface area contributed by atoms with Gasteiger partial charge in [-0.3, -0.25) is 9.59 Å². The van der Waals surface area contributed by atoms with E-state index in [9.17, 15) is 19.2 Å². The molecule has 0 aromatic heterocycles. The zero-order valence-corrected chi connectivity index (χ0v) is 13.0. The van der Waals surface area contributed by atoms with Crippen LogP contribution in [0.1, 0.15) is 27.7 Å². The summed E-state index contributed by atoms with van der Waals surface area (Å²) >= 11 is 0. The number of ketones is 1. The summed E-state index contributed by atoms with van der Waals surface area (Å²) in [6.45, 7) is 5.99. The number of ether oxygens (including phenoxy) is 3. The van der Waals surface area contributed by atoms with Crippen molar-refractivity contribution in [1.82, 2.24) is 5.32 Å². The van der Waals surface area contributed by atoms with Crippen molar-refractivity contribution in [3.8, 4) is 0 Å². The van der Waals surface area contributed by atoms with Crippen molar-refractivity contribution in [2.75, 3.05) is 14.2 Å². The second-order valence-corrected chi connectivity index (χ2v) is 5.26. The van der Waals surface area contributed by atoms with Crippen LogP contribution >= 0.6 is 0 Å². The highest BCUT2D eigenvalue weighted by Gasteiger charge is 2.40. The number of methoxy groups -OCH3 is 2. The van der Waals surface area contributed by atoms with E-state index in [0.29, 0.717) is 0 Å². The third kappa shape index (κ3) is 6.24. The lowest BCUT2D eigenvalue weighted by Crippen LogP contribution is -2.52. The molecule has 1 unspecified atom stereocenters. The molecule has 0 bridgehead atoms. The molecule has 120 valence electrons. The molecular formula is C13H21NO7. The number of carbonyl (C=O) groups is 4. The molecule has 21 heavy (non-hydrogen) atoms. The van der Waals surface area contributed by atoms with E-state index < -0.39 is 41.4 Å². The predicted molar refractivity (Wildman–Crippen MR) is 71.4 cm³/mol. The van der Waals surface area contributed by atoms with Crippen LogP contribution in [-0.2, 0) is 28.6 Å². The minimum atomic E-state index is -1.52. The fourth-order valence-electron chi connectivity index (χ4n) is 1.50. The smallest absolute Gasteiger partial charge is 0.408 e. The molecular weight excluding hydrogens is 282 g/mol. The normalized spacial score (nSPS) is 13.6. The van der Waals surface area contributed by atoms with Crippen molar-refractivity contribution in [1.29, 1.82) is 0 Å². The predicted octanol–water partition coefficient (Wildman–Crippen LogP) is 0.431. The molecule has 0 fully saturated rings. The van der Waals surface area contributed by atoms with E-state index in [1.165, 1.54) is 0 Å². The fraction of sp³-hybridized carbons (Fsp3) is 0.692. The number of rotatable bonds is 5. The van der Waals surface area contributed by atoms with Crippen LogP contribution in [0.5, 0.6) is 0 Å². The van der Waals surface area contributed by atoms with Gasteiger partial charge in [0.15, 0.2) is 6.04 Å². The number of nitrogens with one attached hydrogen (secondary N) is 1. The number of Topliss-reactive ketones (excluding diaryl/α,β-unsaturated/α-hetero) is 1. The van der Waals surface area contributed by atoms with Crippen LogP contribution in [0.15, 0.2) is 0 Å². The highest BCUT2D eigenvalue weighted by Crippen LogP contribution is 2.12. The Kier molecular flexibility index (Phi) is 6.84. The summed E-state index contributed by atoms with van der Waals surface area (Å²) in [6, 6.07) is -1.52. The molecule has 1 N–H and O–H groups in total. The Balaban J connectivity index is 5.28. The van der Waals surface area contributed by atoms with Crippen molar-refractivity contribution in [3.05, 3.63) is 0 Å². The lowest BCUT2D eigenvalue weighted by molar-refractivity contribution is -0.157. The van der Waals surface area contributed by atoms with Gasteiger partial charge in [-0.2, -0.15) is 0 Å². The maximum Gasteiger partial charge on any atom is 0.408 e. The minimum absolute atomic E-state index is 0.645. The Bertz CT molecular complexity index is 425. The first-order valence-electron chi connectivity index (χ1n) is 6.19. The summed E-state index contributed by atoms with van der Waals surface area (Å²) in [4.78, 5) is 46.7. The van der Waals surface area contributed by atoms with Gasteiger partial charge in [-0.15, -0.1) is 0 Å². The molecule has 0 rings (SSSR count). The van der Waals surface area contributed by atoms with Crippen molar-refractivity contribution in [2.24, 2.45) is 5.92 Å². The third-order valence-electron chi connectivity index (χ3n) is 2.35. The van der Waals surface area contributed by atoms with Crippen LogP contribution in [0.4, 0.5) is 4.79 Å². The van der Waals surface area contributed by atoms with E-state index in [1.807, 2.05) is 0 Å². The van der Waals surface area contributed by atoms with Gasteiger partial charge in [0.2, 0.25) is 0 Å². The average molecular weight is 303 g/mol. The van der Waals surface area contributed by atoms with Gasteiger partial charge in [0.25, 0.3) is 0 Å². The zero-order valence-electron chi connectivity index (χ0n) is 13.0. The molecule has 0 aliphatic rings. The number of amides is 1. The van der Waals surface area contributed by atoms with Crippen LogP contribution in [0.3, 0.4) is 0 Å². The highest BCUT2D eigenvalue weighted by atomic mass is 16.6. The Morgan fingerprint density at radius 1 is 0.952 bits per heavy atom. The van der Waals surface area contributed by atoms with E-state index in [4.69, 9.17) is 4.74 Å². The van der Waals surface area contributed by atoms with Crippen molar-refractivity contribution in [3.63, 3.8) is 0 Å². The Labute approximate surface area is 123 Å². The number of alkyl carbamates (subject to hydrolysis) is 1. The summed E-state index contributed by atoms with van der Waals surface area (Å²) in [6.07, 6.45) is -0.951.